The van der Waals surface area contributed by atoms with Crippen LogP contribution in [0.25, 0.3) is 22.2 Å². The average Bonchev–Trinajstić information content (AvgIpc) is 3.47. The summed E-state index contributed by atoms with van der Waals surface area (Å²) < 4.78 is 7.94. The summed E-state index contributed by atoms with van der Waals surface area (Å²) in [6.07, 6.45) is 3.92. The van der Waals surface area contributed by atoms with Gasteiger partial charge in [0, 0.05) is 37.7 Å². The maximum Gasteiger partial charge on any atom is 0.228 e. The molecule has 1 aliphatic carbocycles. The second-order valence-corrected chi connectivity index (χ2v) is 14.9. The number of aromatic nitrogens is 2. The lowest BCUT2D eigenvalue weighted by atomic mass is 10.1. The third kappa shape index (κ3) is 4.91. The van der Waals surface area contributed by atoms with E-state index in [2.05, 4.69) is 25.0 Å². The Morgan fingerprint density at radius 1 is 1.27 bits per heavy atom. The Morgan fingerprint density at radius 2 is 2.07 bits per heavy atom. The topological polar surface area (TPSA) is 76.4 Å². The highest BCUT2D eigenvalue weighted by molar-refractivity contribution is 6.76. The predicted octanol–water partition coefficient (Wildman–Crippen LogP) is 5.07. The largest absolute Gasteiger partial charge is 0.508 e. The summed E-state index contributed by atoms with van der Waals surface area (Å²) >= 11 is 0. The van der Waals surface area contributed by atoms with Gasteiger partial charge in [-0.25, -0.2) is 4.98 Å². The van der Waals surface area contributed by atoms with Gasteiger partial charge in [-0.2, -0.15) is 0 Å². The Labute approximate surface area is 177 Å². The van der Waals surface area contributed by atoms with Gasteiger partial charge >= 0.3 is 0 Å². The minimum absolute atomic E-state index is 0.0412. The van der Waals surface area contributed by atoms with E-state index < -0.39 is 8.07 Å². The molecule has 158 valence electrons. The van der Waals surface area contributed by atoms with E-state index in [0.717, 1.165) is 47.7 Å². The summed E-state index contributed by atoms with van der Waals surface area (Å²) in [5, 5.41) is 13.8. The quantitative estimate of drug-likeness (QED) is 0.392. The number of fused-ring (bicyclic) bond motifs is 1. The molecule has 0 saturated heterocycles. The van der Waals surface area contributed by atoms with Gasteiger partial charge in [0.15, 0.2) is 0 Å². The molecule has 0 spiro atoms. The van der Waals surface area contributed by atoms with E-state index in [1.165, 1.54) is 0 Å². The lowest BCUT2D eigenvalue weighted by Crippen LogP contribution is -2.22. The number of hydrogen-bond acceptors (Lipinski definition) is 4. The molecule has 1 aliphatic rings. The molecule has 0 unspecified atom stereocenters. The summed E-state index contributed by atoms with van der Waals surface area (Å²) in [4.78, 5) is 16.9. The van der Waals surface area contributed by atoms with Gasteiger partial charge in [-0.3, -0.25) is 4.79 Å². The minimum atomic E-state index is -1.16. The van der Waals surface area contributed by atoms with E-state index in [1.807, 2.05) is 35.0 Å². The Morgan fingerprint density at radius 3 is 2.77 bits per heavy atom. The molecule has 1 saturated carbocycles. The fourth-order valence-electron chi connectivity index (χ4n) is 3.35. The molecule has 2 heterocycles. The number of carbonyl (C=O) groups excluding carboxylic acids is 1. The van der Waals surface area contributed by atoms with Crippen LogP contribution < -0.4 is 5.32 Å². The van der Waals surface area contributed by atoms with Gasteiger partial charge in [0.05, 0.1) is 0 Å². The van der Waals surface area contributed by atoms with Crippen molar-refractivity contribution in [1.29, 1.82) is 0 Å². The van der Waals surface area contributed by atoms with Crippen LogP contribution in [0.1, 0.15) is 12.8 Å². The van der Waals surface area contributed by atoms with Crippen LogP contribution in [0.5, 0.6) is 5.75 Å². The summed E-state index contributed by atoms with van der Waals surface area (Å²) in [6, 6.07) is 12.1. The minimum Gasteiger partial charge on any atom is -0.508 e. The van der Waals surface area contributed by atoms with E-state index in [9.17, 15) is 9.90 Å². The number of benzene rings is 1. The van der Waals surface area contributed by atoms with Crippen molar-refractivity contribution in [2.45, 2.75) is 45.3 Å². The van der Waals surface area contributed by atoms with E-state index in [0.29, 0.717) is 12.5 Å². The van der Waals surface area contributed by atoms with Crippen LogP contribution >= 0.6 is 0 Å². The van der Waals surface area contributed by atoms with E-state index in [1.54, 1.807) is 12.1 Å². The number of amides is 1. The molecule has 30 heavy (non-hydrogen) atoms. The third-order valence-electron chi connectivity index (χ3n) is 5.31. The van der Waals surface area contributed by atoms with Crippen molar-refractivity contribution < 1.29 is 14.6 Å². The number of ether oxygens (including phenoxy) is 1. The molecule has 2 N–H and O–H groups in total. The van der Waals surface area contributed by atoms with Crippen LogP contribution in [0.2, 0.25) is 25.7 Å². The third-order valence-corrected chi connectivity index (χ3v) is 7.01. The fraction of sp³-hybridized carbons (Fsp3) is 0.391. The van der Waals surface area contributed by atoms with Crippen molar-refractivity contribution in [1.82, 2.24) is 9.55 Å². The van der Waals surface area contributed by atoms with Gasteiger partial charge in [-0.15, -0.1) is 0 Å². The van der Waals surface area contributed by atoms with Crippen LogP contribution in [-0.4, -0.2) is 35.2 Å². The van der Waals surface area contributed by atoms with E-state index in [-0.39, 0.29) is 17.6 Å². The van der Waals surface area contributed by atoms with Crippen molar-refractivity contribution in [2.24, 2.45) is 5.92 Å². The van der Waals surface area contributed by atoms with Gasteiger partial charge in [0.1, 0.15) is 23.9 Å². The zero-order chi connectivity index (χ0) is 21.3. The smallest absolute Gasteiger partial charge is 0.228 e. The van der Waals surface area contributed by atoms with Crippen molar-refractivity contribution in [3.8, 4) is 16.9 Å². The molecule has 0 atom stereocenters. The highest BCUT2D eigenvalue weighted by atomic mass is 28.3. The molecule has 0 radical (unpaired) electrons. The van der Waals surface area contributed by atoms with Gasteiger partial charge in [0.25, 0.3) is 0 Å². The highest BCUT2D eigenvalue weighted by Crippen LogP contribution is 2.33. The number of nitrogens with one attached hydrogen (secondary N) is 1. The van der Waals surface area contributed by atoms with Gasteiger partial charge < -0.3 is 19.7 Å². The van der Waals surface area contributed by atoms with Crippen molar-refractivity contribution >= 4 is 30.8 Å². The maximum atomic E-state index is 12.2. The molecule has 2 aromatic heterocycles. The molecule has 1 aromatic carbocycles. The standard InChI is InChI=1S/C23H29N3O3Si/c1-30(2,3)12-11-29-15-26-14-20(17-5-4-6-18(27)13-17)19-9-10-21(24-22(19)26)25-23(28)16-7-8-16/h4-6,9-10,13-14,16,27H,7-8,11-12,15H2,1-3H3,(H,24,25,28). The van der Waals surface area contributed by atoms with Gasteiger partial charge in [-0.05, 0) is 48.7 Å². The molecule has 1 amide bonds. The molecule has 0 bridgehead atoms. The highest BCUT2D eigenvalue weighted by Gasteiger charge is 2.30. The Balaban J connectivity index is 1.64. The molecule has 6 nitrogen and oxygen atoms in total. The zero-order valence-electron chi connectivity index (χ0n) is 17.8. The van der Waals surface area contributed by atoms with Crippen LogP contribution in [-0.2, 0) is 16.3 Å². The molecular weight excluding hydrogens is 394 g/mol. The SMILES string of the molecule is C[Si](C)(C)CCOCn1cc(-c2cccc(O)c2)c2ccc(NC(=O)C3CC3)nc21. The van der Waals surface area contributed by atoms with Gasteiger partial charge in [0.2, 0.25) is 5.91 Å². The summed E-state index contributed by atoms with van der Waals surface area (Å²) in [6.45, 7) is 8.11. The maximum absolute atomic E-state index is 12.2. The number of aromatic hydroxyl groups is 1. The molecular formula is C23H29N3O3Si. The van der Waals surface area contributed by atoms with Crippen LogP contribution in [0, 0.1) is 5.92 Å². The van der Waals surface area contributed by atoms with Crippen molar-refractivity contribution in [2.75, 3.05) is 11.9 Å². The van der Waals surface area contributed by atoms with Gasteiger partial charge in [-0.1, -0.05) is 31.8 Å². The monoisotopic (exact) mass is 423 g/mol. The lowest BCUT2D eigenvalue weighted by Gasteiger charge is -2.15. The normalized spacial score (nSPS) is 14.2. The number of hydrogen-bond donors (Lipinski definition) is 2. The van der Waals surface area contributed by atoms with E-state index >= 15 is 0 Å². The first-order valence-electron chi connectivity index (χ1n) is 10.5. The number of phenols is 1. The molecule has 7 heteroatoms. The average molecular weight is 424 g/mol. The number of phenolic OH excluding ortho intramolecular Hbond substituents is 1. The number of nitrogens with zero attached hydrogens (tertiary/aromatic N) is 2. The van der Waals surface area contributed by atoms with Crippen LogP contribution in [0.15, 0.2) is 42.6 Å². The summed E-state index contributed by atoms with van der Waals surface area (Å²) in [7, 11) is -1.16. The summed E-state index contributed by atoms with van der Waals surface area (Å²) in [5.74, 6) is 0.950. The Kier molecular flexibility index (Phi) is 5.66. The first kappa shape index (κ1) is 20.6. The predicted molar refractivity (Wildman–Crippen MR) is 122 cm³/mol. The van der Waals surface area contributed by atoms with Crippen LogP contribution in [0.3, 0.4) is 0 Å². The molecule has 0 aliphatic heterocycles. The number of rotatable bonds is 8. The molecule has 4 rings (SSSR count). The first-order chi connectivity index (χ1) is 14.3. The van der Waals surface area contributed by atoms with E-state index in [4.69, 9.17) is 9.72 Å². The molecule has 1 fully saturated rings. The Hall–Kier alpha value is -2.64. The summed E-state index contributed by atoms with van der Waals surface area (Å²) in [5.41, 5.74) is 2.65. The second-order valence-electron chi connectivity index (χ2n) is 9.24. The number of pyridine rings is 1. The number of carbonyl (C=O) groups is 1. The molecule has 3 aromatic rings. The Bertz CT molecular complexity index is 1070. The lowest BCUT2D eigenvalue weighted by molar-refractivity contribution is -0.117. The van der Waals surface area contributed by atoms with Crippen molar-refractivity contribution in [3.63, 3.8) is 0 Å². The fourth-order valence-corrected chi connectivity index (χ4v) is 4.11. The number of anilines is 1. The van der Waals surface area contributed by atoms with Crippen LogP contribution in [0.4, 0.5) is 5.82 Å². The second kappa shape index (κ2) is 8.24. The van der Waals surface area contributed by atoms with Crippen molar-refractivity contribution in [3.05, 3.63) is 42.6 Å². The zero-order valence-corrected chi connectivity index (χ0v) is 18.8. The first-order valence-corrected chi connectivity index (χ1v) is 14.2.